The number of allylic oxidation sites excluding steroid dienone is 2. The molecule has 0 bridgehead atoms. The van der Waals surface area contributed by atoms with E-state index >= 15 is 0 Å². The van der Waals surface area contributed by atoms with Crippen molar-refractivity contribution in [2.24, 2.45) is 10.8 Å². The Hall–Kier alpha value is -2.36. The molecular weight excluding hydrogens is 256 g/mol. The third kappa shape index (κ3) is 2.37. The molecule has 4 heteroatoms. The molecule has 0 radical (unpaired) electrons. The molecule has 0 aromatic heterocycles. The fourth-order valence-electron chi connectivity index (χ4n) is 2.62. The summed E-state index contributed by atoms with van der Waals surface area (Å²) < 4.78 is 0. The van der Waals surface area contributed by atoms with Crippen LogP contribution in [0.2, 0.25) is 0 Å². The molecule has 0 aliphatic heterocycles. The Labute approximate surface area is 116 Å². The average molecular weight is 270 g/mol. The predicted molar refractivity (Wildman–Crippen MR) is 72.8 cm³/mol. The minimum absolute atomic E-state index is 0.101. The summed E-state index contributed by atoms with van der Waals surface area (Å²) in [5.74, 6) is 0. The lowest BCUT2D eigenvalue weighted by molar-refractivity contribution is -0.131. The molecule has 4 nitrogen and oxygen atoms in total. The summed E-state index contributed by atoms with van der Waals surface area (Å²) in [5.41, 5.74) is -1.27. The number of carbonyl (C=O) groups excluding carboxylic acids is 4. The molecule has 0 saturated carbocycles. The van der Waals surface area contributed by atoms with E-state index in [9.17, 15) is 19.2 Å². The molecule has 1 aromatic rings. The first kappa shape index (κ1) is 14.1. The standard InChI is InChI=1S/C16H14O4/c17-9-15(10-18)6-14(13-4-2-1-3-5-13)7-16(8-15,11-19)12-20/h1-6,9-12H,7-8H2. The van der Waals surface area contributed by atoms with Crippen molar-refractivity contribution in [2.45, 2.75) is 12.8 Å². The highest BCUT2D eigenvalue weighted by Crippen LogP contribution is 2.44. The predicted octanol–water partition coefficient (Wildman–Crippen LogP) is 1.63. The topological polar surface area (TPSA) is 68.3 Å². The fraction of sp³-hybridized carbons (Fsp3) is 0.250. The molecule has 0 atom stereocenters. The molecule has 0 heterocycles. The van der Waals surface area contributed by atoms with Gasteiger partial charge in [-0.1, -0.05) is 36.4 Å². The Kier molecular flexibility index (Phi) is 3.74. The minimum Gasteiger partial charge on any atom is -0.302 e. The highest BCUT2D eigenvalue weighted by atomic mass is 16.1. The SMILES string of the molecule is O=CC1(C=O)C=C(c2ccccc2)CC(C=O)(C=O)C1. The number of hydrogen-bond acceptors (Lipinski definition) is 4. The molecule has 2 rings (SSSR count). The summed E-state index contributed by atoms with van der Waals surface area (Å²) in [6.45, 7) is 0. The highest BCUT2D eigenvalue weighted by molar-refractivity contribution is 5.96. The molecule has 0 saturated heterocycles. The van der Waals surface area contributed by atoms with E-state index in [0.29, 0.717) is 30.7 Å². The van der Waals surface area contributed by atoms with Gasteiger partial charge in [-0.2, -0.15) is 0 Å². The first-order chi connectivity index (χ1) is 9.62. The molecule has 102 valence electrons. The molecular formula is C16H14O4. The zero-order valence-corrected chi connectivity index (χ0v) is 10.8. The van der Waals surface area contributed by atoms with Gasteiger partial charge in [-0.3, -0.25) is 0 Å². The first-order valence-corrected chi connectivity index (χ1v) is 6.25. The summed E-state index contributed by atoms with van der Waals surface area (Å²) >= 11 is 0. The normalized spacial score (nSPS) is 19.5. The molecule has 1 aromatic carbocycles. The zero-order chi connectivity index (χ0) is 14.6. The van der Waals surface area contributed by atoms with Crippen LogP contribution in [0, 0.1) is 10.8 Å². The molecule has 0 amide bonds. The number of hydrogen-bond donors (Lipinski definition) is 0. The number of benzene rings is 1. The lowest BCUT2D eigenvalue weighted by atomic mass is 9.64. The third-order valence-corrected chi connectivity index (χ3v) is 3.65. The van der Waals surface area contributed by atoms with Gasteiger partial charge in [-0.25, -0.2) is 0 Å². The Balaban J connectivity index is 2.57. The van der Waals surface area contributed by atoms with Gasteiger partial charge in [0.25, 0.3) is 0 Å². The molecule has 1 aliphatic rings. The van der Waals surface area contributed by atoms with Crippen molar-refractivity contribution in [3.63, 3.8) is 0 Å². The van der Waals surface area contributed by atoms with Gasteiger partial charge < -0.3 is 19.2 Å². The quantitative estimate of drug-likeness (QED) is 0.602. The van der Waals surface area contributed by atoms with E-state index in [2.05, 4.69) is 0 Å². The van der Waals surface area contributed by atoms with E-state index < -0.39 is 10.8 Å². The van der Waals surface area contributed by atoms with Crippen LogP contribution in [0.4, 0.5) is 0 Å². The van der Waals surface area contributed by atoms with Crippen LogP contribution in [-0.4, -0.2) is 25.1 Å². The van der Waals surface area contributed by atoms with Crippen LogP contribution >= 0.6 is 0 Å². The van der Waals surface area contributed by atoms with Crippen molar-refractivity contribution < 1.29 is 19.2 Å². The van der Waals surface area contributed by atoms with E-state index in [1.165, 1.54) is 0 Å². The summed E-state index contributed by atoms with van der Waals surface area (Å²) in [7, 11) is 0. The van der Waals surface area contributed by atoms with Crippen LogP contribution in [0.5, 0.6) is 0 Å². The van der Waals surface area contributed by atoms with Crippen molar-refractivity contribution in [1.29, 1.82) is 0 Å². The van der Waals surface area contributed by atoms with Gasteiger partial charge in [-0.05, 0) is 24.0 Å². The van der Waals surface area contributed by atoms with E-state index in [0.717, 1.165) is 5.56 Å². The van der Waals surface area contributed by atoms with Crippen LogP contribution < -0.4 is 0 Å². The van der Waals surface area contributed by atoms with Crippen molar-refractivity contribution in [1.82, 2.24) is 0 Å². The van der Waals surface area contributed by atoms with E-state index in [1.807, 2.05) is 30.3 Å². The van der Waals surface area contributed by atoms with Gasteiger partial charge in [0.1, 0.15) is 30.6 Å². The second kappa shape index (κ2) is 5.33. The second-order valence-corrected chi connectivity index (χ2v) is 5.21. The van der Waals surface area contributed by atoms with Crippen molar-refractivity contribution >= 4 is 30.7 Å². The van der Waals surface area contributed by atoms with Crippen molar-refractivity contribution in [3.8, 4) is 0 Å². The molecule has 1 aliphatic carbocycles. The Morgan fingerprint density at radius 3 is 1.95 bits per heavy atom. The second-order valence-electron chi connectivity index (χ2n) is 5.21. The number of rotatable bonds is 5. The maximum absolute atomic E-state index is 11.3. The van der Waals surface area contributed by atoms with Gasteiger partial charge >= 0.3 is 0 Å². The molecule has 0 unspecified atom stereocenters. The lowest BCUT2D eigenvalue weighted by Crippen LogP contribution is -2.39. The summed E-state index contributed by atoms with van der Waals surface area (Å²) in [6, 6.07) is 9.11. The van der Waals surface area contributed by atoms with Gasteiger partial charge in [0.05, 0.1) is 5.41 Å². The Morgan fingerprint density at radius 2 is 1.45 bits per heavy atom. The van der Waals surface area contributed by atoms with E-state index in [4.69, 9.17) is 0 Å². The smallest absolute Gasteiger partial charge is 0.137 e. The average Bonchev–Trinajstić information content (AvgIpc) is 2.55. The number of carbonyl (C=O) groups is 4. The lowest BCUT2D eigenvalue weighted by Gasteiger charge is -2.35. The van der Waals surface area contributed by atoms with Crippen LogP contribution in [0.15, 0.2) is 36.4 Å². The van der Waals surface area contributed by atoms with E-state index in [-0.39, 0.29) is 12.8 Å². The summed E-state index contributed by atoms with van der Waals surface area (Å²) in [5, 5.41) is 0. The van der Waals surface area contributed by atoms with Crippen molar-refractivity contribution in [2.75, 3.05) is 0 Å². The van der Waals surface area contributed by atoms with Crippen LogP contribution in [-0.2, 0) is 19.2 Å². The fourth-order valence-corrected chi connectivity index (χ4v) is 2.62. The van der Waals surface area contributed by atoms with Gasteiger partial charge in [0.15, 0.2) is 0 Å². The molecule has 20 heavy (non-hydrogen) atoms. The Bertz CT molecular complexity index is 555. The zero-order valence-electron chi connectivity index (χ0n) is 10.8. The Morgan fingerprint density at radius 1 is 0.850 bits per heavy atom. The summed E-state index contributed by atoms with van der Waals surface area (Å²) in [4.78, 5) is 45.2. The first-order valence-electron chi connectivity index (χ1n) is 6.25. The molecule has 0 fully saturated rings. The molecule has 0 N–H and O–H groups in total. The van der Waals surface area contributed by atoms with Crippen LogP contribution in [0.1, 0.15) is 18.4 Å². The largest absolute Gasteiger partial charge is 0.302 e. The summed E-state index contributed by atoms with van der Waals surface area (Å²) in [6.07, 6.45) is 3.75. The maximum Gasteiger partial charge on any atom is 0.137 e. The van der Waals surface area contributed by atoms with Crippen LogP contribution in [0.3, 0.4) is 0 Å². The third-order valence-electron chi connectivity index (χ3n) is 3.65. The minimum atomic E-state index is -1.41. The van der Waals surface area contributed by atoms with Crippen LogP contribution in [0.25, 0.3) is 5.57 Å². The molecule has 0 spiro atoms. The highest BCUT2D eigenvalue weighted by Gasteiger charge is 2.45. The monoisotopic (exact) mass is 270 g/mol. The number of aldehydes is 4. The van der Waals surface area contributed by atoms with E-state index in [1.54, 1.807) is 6.08 Å². The van der Waals surface area contributed by atoms with Gasteiger partial charge in [0, 0.05) is 0 Å². The van der Waals surface area contributed by atoms with Crippen molar-refractivity contribution in [3.05, 3.63) is 42.0 Å². The maximum atomic E-state index is 11.3. The van der Waals surface area contributed by atoms with Gasteiger partial charge in [0.2, 0.25) is 0 Å². The van der Waals surface area contributed by atoms with Gasteiger partial charge in [-0.15, -0.1) is 0 Å².